The highest BCUT2D eigenvalue weighted by Crippen LogP contribution is 2.39. The van der Waals surface area contributed by atoms with Gasteiger partial charge in [0.15, 0.2) is 6.23 Å². The van der Waals surface area contributed by atoms with Gasteiger partial charge in [0.05, 0.1) is 24.7 Å². The smallest absolute Gasteiger partial charge is 0.330 e. The summed E-state index contributed by atoms with van der Waals surface area (Å²) >= 11 is 0. The van der Waals surface area contributed by atoms with Crippen LogP contribution in [-0.4, -0.2) is 40.4 Å². The van der Waals surface area contributed by atoms with Crippen LogP contribution in [0.5, 0.6) is 5.75 Å². The van der Waals surface area contributed by atoms with E-state index in [2.05, 4.69) is 21.9 Å². The lowest BCUT2D eigenvalue weighted by atomic mass is 10.0. The Kier molecular flexibility index (Phi) is 9.64. The lowest BCUT2D eigenvalue weighted by molar-refractivity contribution is -0.149. The molecule has 3 rings (SSSR count). The van der Waals surface area contributed by atoms with Gasteiger partial charge in [-0.25, -0.2) is 9.88 Å². The maximum atomic E-state index is 12.3. The molecule has 1 aromatic heterocycles. The molecule has 0 spiro atoms. The minimum Gasteiger partial charge on any atom is -0.462 e. The second-order valence-corrected chi connectivity index (χ2v) is 9.41. The van der Waals surface area contributed by atoms with E-state index >= 15 is 0 Å². The minimum atomic E-state index is -1.73. The second-order valence-electron chi connectivity index (χ2n) is 8.20. The molecule has 0 radical (unpaired) electrons. The normalized spacial score (nSPS) is 21.1. The van der Waals surface area contributed by atoms with E-state index < -0.39 is 44.1 Å². The fraction of sp³-hybridized carbons (Fsp3) is 0.458. The molecule has 2 aromatic rings. The van der Waals surface area contributed by atoms with Gasteiger partial charge in [0.1, 0.15) is 11.8 Å². The van der Waals surface area contributed by atoms with Gasteiger partial charge in [-0.2, -0.15) is 0 Å². The molecule has 188 valence electrons. The number of ether oxygens (including phenoxy) is 2. The van der Waals surface area contributed by atoms with Crippen LogP contribution in [0.4, 0.5) is 0 Å². The molecular weight excluding hydrogens is 473 g/mol. The van der Waals surface area contributed by atoms with Crippen molar-refractivity contribution in [2.24, 2.45) is 5.92 Å². The van der Waals surface area contributed by atoms with E-state index in [1.807, 2.05) is 18.2 Å². The molecule has 1 aromatic carbocycles. The average molecular weight is 503 g/mol. The fourth-order valence-electron chi connectivity index (χ4n) is 3.42. The summed E-state index contributed by atoms with van der Waals surface area (Å²) in [5.41, 5.74) is -1.05. The second kappa shape index (κ2) is 12.7. The summed E-state index contributed by atoms with van der Waals surface area (Å²) in [7, 11) is -1.73. The average Bonchev–Trinajstić information content (AvgIpc) is 3.20. The number of hydrogen-bond donors (Lipinski definition) is 2. The van der Waals surface area contributed by atoms with Gasteiger partial charge in [0, 0.05) is 12.3 Å². The molecule has 35 heavy (non-hydrogen) atoms. The van der Waals surface area contributed by atoms with Crippen LogP contribution in [0.15, 0.2) is 52.2 Å². The maximum Gasteiger partial charge on any atom is 0.330 e. The van der Waals surface area contributed by atoms with E-state index in [1.54, 1.807) is 39.8 Å². The van der Waals surface area contributed by atoms with Gasteiger partial charge in [-0.15, -0.1) is 5.92 Å². The monoisotopic (exact) mass is 503 g/mol. The summed E-state index contributed by atoms with van der Waals surface area (Å²) in [5.74, 6) is 5.83. The molecular formula is C24H30N3O7P. The number of hydrogen-bond acceptors (Lipinski definition) is 8. The number of nitrogens with one attached hydrogen (secondary N) is 2. The molecule has 4 unspecified atom stereocenters. The number of H-pyrrole nitrogens is 1. The standard InChI is InChI=1S/C24H30N3O7P/c1-5-9-18-14-20(33-22(18)27-13-12-21(28)25-24(27)30)15-31-35(34-19-10-7-6-8-11-19)26-17(4)23(29)32-16(2)3/h6-8,10-13,16-18,20,22,26H,14-15H2,1-4H3,(H,25,28,30)/t17?,18-,20?,22?,35?/m0/s1. The van der Waals surface area contributed by atoms with Crippen LogP contribution in [-0.2, 0) is 18.8 Å². The molecule has 0 aliphatic carbocycles. The molecule has 0 saturated carbocycles. The maximum absolute atomic E-state index is 12.3. The van der Waals surface area contributed by atoms with E-state index in [1.165, 1.54) is 16.8 Å². The van der Waals surface area contributed by atoms with Crippen LogP contribution in [0.1, 0.15) is 40.3 Å². The van der Waals surface area contributed by atoms with Gasteiger partial charge in [-0.1, -0.05) is 24.1 Å². The van der Waals surface area contributed by atoms with Crippen LogP contribution in [0.2, 0.25) is 0 Å². The minimum absolute atomic E-state index is 0.133. The number of para-hydroxylation sites is 1. The molecule has 0 bridgehead atoms. The number of aromatic amines is 1. The molecule has 1 saturated heterocycles. The number of aromatic nitrogens is 2. The molecule has 5 atom stereocenters. The number of carbonyl (C=O) groups excluding carboxylic acids is 1. The van der Waals surface area contributed by atoms with Gasteiger partial charge >= 0.3 is 20.2 Å². The predicted octanol–water partition coefficient (Wildman–Crippen LogP) is 2.72. The number of nitrogens with zero attached hydrogens (tertiary/aromatic N) is 1. The Morgan fingerprint density at radius 1 is 1.26 bits per heavy atom. The van der Waals surface area contributed by atoms with Gasteiger partial charge in [-0.3, -0.25) is 19.1 Å². The Morgan fingerprint density at radius 3 is 2.66 bits per heavy atom. The Hall–Kier alpha value is -2.96. The third kappa shape index (κ3) is 7.77. The van der Waals surface area contributed by atoms with Crippen LogP contribution in [0.25, 0.3) is 0 Å². The topological polar surface area (TPSA) is 121 Å². The zero-order valence-electron chi connectivity index (χ0n) is 20.1. The van der Waals surface area contributed by atoms with Crippen molar-refractivity contribution in [2.45, 2.75) is 58.6 Å². The zero-order chi connectivity index (χ0) is 25.4. The molecule has 10 nitrogen and oxygen atoms in total. The largest absolute Gasteiger partial charge is 0.462 e. The van der Waals surface area contributed by atoms with E-state index in [9.17, 15) is 14.4 Å². The van der Waals surface area contributed by atoms with Gasteiger partial charge in [-0.05, 0) is 46.2 Å². The molecule has 1 aliphatic heterocycles. The highest BCUT2D eigenvalue weighted by molar-refractivity contribution is 7.45. The summed E-state index contributed by atoms with van der Waals surface area (Å²) in [6, 6.07) is 9.71. The van der Waals surface area contributed by atoms with Gasteiger partial charge in [0.25, 0.3) is 5.56 Å². The van der Waals surface area contributed by atoms with Crippen molar-refractivity contribution < 1.29 is 23.3 Å². The quantitative estimate of drug-likeness (QED) is 0.289. The van der Waals surface area contributed by atoms with Crippen molar-refractivity contribution in [3.8, 4) is 17.6 Å². The van der Waals surface area contributed by atoms with E-state index in [0.717, 1.165) is 0 Å². The first-order chi connectivity index (χ1) is 16.8. The molecule has 1 aliphatic rings. The van der Waals surface area contributed by atoms with Crippen molar-refractivity contribution in [1.82, 2.24) is 14.6 Å². The summed E-state index contributed by atoms with van der Waals surface area (Å²) in [5, 5.41) is 3.06. The lowest BCUT2D eigenvalue weighted by Gasteiger charge is -2.23. The van der Waals surface area contributed by atoms with Crippen molar-refractivity contribution in [1.29, 1.82) is 0 Å². The van der Waals surface area contributed by atoms with Crippen LogP contribution in [0.3, 0.4) is 0 Å². The zero-order valence-corrected chi connectivity index (χ0v) is 21.0. The number of benzene rings is 1. The molecule has 2 N–H and O–H groups in total. The van der Waals surface area contributed by atoms with Crippen molar-refractivity contribution >= 4 is 14.5 Å². The van der Waals surface area contributed by atoms with Gasteiger partial charge < -0.3 is 18.5 Å². The Morgan fingerprint density at radius 2 is 2.00 bits per heavy atom. The summed E-state index contributed by atoms with van der Waals surface area (Å²) < 4.78 is 24.7. The number of rotatable bonds is 10. The van der Waals surface area contributed by atoms with Crippen LogP contribution < -0.4 is 20.9 Å². The predicted molar refractivity (Wildman–Crippen MR) is 131 cm³/mol. The van der Waals surface area contributed by atoms with Crippen molar-refractivity contribution in [3.05, 3.63) is 63.4 Å². The Balaban J connectivity index is 1.70. The molecule has 11 heteroatoms. The van der Waals surface area contributed by atoms with Crippen LogP contribution >= 0.6 is 8.53 Å². The van der Waals surface area contributed by atoms with Crippen LogP contribution in [0, 0.1) is 17.8 Å². The summed E-state index contributed by atoms with van der Waals surface area (Å²) in [6.45, 7) is 7.08. The van der Waals surface area contributed by atoms with E-state index in [-0.39, 0.29) is 18.6 Å². The molecule has 0 amide bonds. The highest BCUT2D eigenvalue weighted by atomic mass is 31.2. The lowest BCUT2D eigenvalue weighted by Crippen LogP contribution is -2.35. The molecule has 2 heterocycles. The first-order valence-electron chi connectivity index (χ1n) is 11.3. The Labute approximate surface area is 204 Å². The van der Waals surface area contributed by atoms with E-state index in [4.69, 9.17) is 18.5 Å². The number of carbonyl (C=O) groups is 1. The third-order valence-corrected chi connectivity index (χ3v) is 6.32. The Bertz CT molecular complexity index is 1160. The molecule has 1 fully saturated rings. The summed E-state index contributed by atoms with van der Waals surface area (Å²) in [4.78, 5) is 38.3. The highest BCUT2D eigenvalue weighted by Gasteiger charge is 2.37. The fourth-order valence-corrected chi connectivity index (χ4v) is 4.64. The van der Waals surface area contributed by atoms with Crippen molar-refractivity contribution in [2.75, 3.05) is 6.61 Å². The third-order valence-electron chi connectivity index (χ3n) is 4.96. The summed E-state index contributed by atoms with van der Waals surface area (Å²) in [6.07, 6.45) is 0.597. The first-order valence-corrected chi connectivity index (χ1v) is 12.5. The first kappa shape index (κ1) is 26.6. The number of esters is 1. The SMILES string of the molecule is CC#C[C@H]1CC(COP(NC(C)C(=O)OC(C)C)Oc2ccccc2)OC1n1ccc(=O)[nH]c1=O. The van der Waals surface area contributed by atoms with Gasteiger partial charge in [0.2, 0.25) is 0 Å². The van der Waals surface area contributed by atoms with Crippen molar-refractivity contribution in [3.63, 3.8) is 0 Å². The van der Waals surface area contributed by atoms with E-state index in [0.29, 0.717) is 12.2 Å².